The summed E-state index contributed by atoms with van der Waals surface area (Å²) in [4.78, 5) is 17.6. The van der Waals surface area contributed by atoms with Crippen molar-refractivity contribution >= 4 is 39.1 Å². The zero-order valence-electron chi connectivity index (χ0n) is 10.7. The molecule has 110 valence electrons. The highest BCUT2D eigenvalue weighted by atomic mass is 35.5. The Morgan fingerprint density at radius 2 is 1.85 bits per heavy atom. The van der Waals surface area contributed by atoms with E-state index in [1.54, 1.807) is 4.90 Å². The van der Waals surface area contributed by atoms with Crippen molar-refractivity contribution in [2.24, 2.45) is 0 Å². The van der Waals surface area contributed by atoms with Crippen molar-refractivity contribution in [1.29, 1.82) is 0 Å². The van der Waals surface area contributed by atoms with Gasteiger partial charge in [-0.1, -0.05) is 23.2 Å². The molecule has 0 N–H and O–H groups in total. The molecule has 1 aliphatic rings. The summed E-state index contributed by atoms with van der Waals surface area (Å²) in [5.74, 6) is -0.232. The van der Waals surface area contributed by atoms with Crippen LogP contribution in [0.4, 0.5) is 0 Å². The van der Waals surface area contributed by atoms with E-state index >= 15 is 0 Å². The minimum absolute atomic E-state index is 0.144. The van der Waals surface area contributed by atoms with E-state index in [9.17, 15) is 13.2 Å². The number of piperazine rings is 1. The summed E-state index contributed by atoms with van der Waals surface area (Å²) in [6.07, 6.45) is 2.52. The monoisotopic (exact) mass is 337 g/mol. The maximum Gasteiger partial charge on any atom is 0.255 e. The summed E-state index contributed by atoms with van der Waals surface area (Å²) in [5.41, 5.74) is 0.340. The van der Waals surface area contributed by atoms with Gasteiger partial charge in [0, 0.05) is 32.4 Å². The van der Waals surface area contributed by atoms with Crippen molar-refractivity contribution in [1.82, 2.24) is 14.2 Å². The third-order valence-electron chi connectivity index (χ3n) is 3.04. The quantitative estimate of drug-likeness (QED) is 0.758. The van der Waals surface area contributed by atoms with Crippen LogP contribution in [0.15, 0.2) is 12.3 Å². The normalized spacial score (nSPS) is 17.2. The van der Waals surface area contributed by atoms with Crippen molar-refractivity contribution in [2.75, 3.05) is 32.4 Å². The minimum Gasteiger partial charge on any atom is -0.336 e. The number of carbonyl (C=O) groups is 1. The Morgan fingerprint density at radius 1 is 1.25 bits per heavy atom. The van der Waals surface area contributed by atoms with Gasteiger partial charge in [-0.3, -0.25) is 4.79 Å². The van der Waals surface area contributed by atoms with Crippen LogP contribution in [-0.4, -0.2) is 60.9 Å². The largest absolute Gasteiger partial charge is 0.336 e. The molecule has 0 atom stereocenters. The Labute approximate surface area is 127 Å². The van der Waals surface area contributed by atoms with E-state index in [0.717, 1.165) is 6.26 Å². The number of sulfonamides is 1. The Kier molecular flexibility index (Phi) is 4.53. The van der Waals surface area contributed by atoms with E-state index in [1.165, 1.54) is 16.6 Å². The molecular weight excluding hydrogens is 325 g/mol. The second-order valence-electron chi connectivity index (χ2n) is 4.45. The molecule has 0 bridgehead atoms. The average Bonchev–Trinajstić information content (AvgIpc) is 2.40. The first-order valence-electron chi connectivity index (χ1n) is 5.84. The number of halogens is 2. The highest BCUT2D eigenvalue weighted by Gasteiger charge is 2.26. The lowest BCUT2D eigenvalue weighted by atomic mass is 10.2. The molecule has 2 rings (SSSR count). The molecule has 0 unspecified atom stereocenters. The lowest BCUT2D eigenvalue weighted by Crippen LogP contribution is -2.50. The molecule has 0 radical (unpaired) electrons. The number of aromatic nitrogens is 1. The van der Waals surface area contributed by atoms with Gasteiger partial charge < -0.3 is 4.90 Å². The summed E-state index contributed by atoms with van der Waals surface area (Å²) in [5, 5.41) is 0.359. The highest BCUT2D eigenvalue weighted by Crippen LogP contribution is 2.21. The van der Waals surface area contributed by atoms with Crippen LogP contribution in [0.5, 0.6) is 0 Å². The fourth-order valence-corrected chi connectivity index (χ4v) is 3.04. The topological polar surface area (TPSA) is 70.6 Å². The van der Waals surface area contributed by atoms with Crippen molar-refractivity contribution < 1.29 is 13.2 Å². The van der Waals surface area contributed by atoms with Gasteiger partial charge in [0.1, 0.15) is 5.15 Å². The third-order valence-corrected chi connectivity index (χ3v) is 5.03. The number of hydrogen-bond acceptors (Lipinski definition) is 4. The SMILES string of the molecule is CS(=O)(=O)N1CCN(C(=O)c2cnc(Cl)c(Cl)c2)CC1. The lowest BCUT2D eigenvalue weighted by molar-refractivity contribution is 0.0698. The van der Waals surface area contributed by atoms with Crippen LogP contribution in [0.1, 0.15) is 10.4 Å². The summed E-state index contributed by atoms with van der Waals surface area (Å²) in [6, 6.07) is 1.46. The van der Waals surface area contributed by atoms with Crippen LogP contribution in [0.25, 0.3) is 0 Å². The first-order valence-corrected chi connectivity index (χ1v) is 8.45. The van der Waals surface area contributed by atoms with Crippen LogP contribution in [-0.2, 0) is 10.0 Å². The second kappa shape index (κ2) is 5.85. The molecule has 2 heterocycles. The number of carbonyl (C=O) groups excluding carboxylic acids is 1. The second-order valence-corrected chi connectivity index (χ2v) is 7.20. The zero-order valence-corrected chi connectivity index (χ0v) is 13.0. The van der Waals surface area contributed by atoms with Gasteiger partial charge in [0.2, 0.25) is 10.0 Å². The molecule has 0 saturated carbocycles. The highest BCUT2D eigenvalue weighted by molar-refractivity contribution is 7.88. The predicted molar refractivity (Wildman–Crippen MR) is 76.6 cm³/mol. The van der Waals surface area contributed by atoms with E-state index in [0.29, 0.717) is 31.7 Å². The van der Waals surface area contributed by atoms with Gasteiger partial charge in [-0.05, 0) is 6.07 Å². The predicted octanol–water partition coefficient (Wildman–Crippen LogP) is 1.11. The molecule has 20 heavy (non-hydrogen) atoms. The van der Waals surface area contributed by atoms with Crippen LogP contribution < -0.4 is 0 Å². The van der Waals surface area contributed by atoms with Gasteiger partial charge in [0.25, 0.3) is 5.91 Å². The number of nitrogens with zero attached hydrogens (tertiary/aromatic N) is 3. The summed E-state index contributed by atoms with van der Waals surface area (Å²) < 4.78 is 24.1. The molecular formula is C11H13Cl2N3O3S. The average molecular weight is 338 g/mol. The van der Waals surface area contributed by atoms with Gasteiger partial charge in [-0.25, -0.2) is 13.4 Å². The number of pyridine rings is 1. The summed E-state index contributed by atoms with van der Waals surface area (Å²) in [7, 11) is -3.21. The fourth-order valence-electron chi connectivity index (χ4n) is 1.94. The number of hydrogen-bond donors (Lipinski definition) is 0. The Morgan fingerprint density at radius 3 is 2.35 bits per heavy atom. The van der Waals surface area contributed by atoms with Crippen molar-refractivity contribution in [2.45, 2.75) is 0 Å². The fraction of sp³-hybridized carbons (Fsp3) is 0.455. The maximum atomic E-state index is 12.2. The summed E-state index contributed by atoms with van der Waals surface area (Å²) >= 11 is 11.5. The van der Waals surface area contributed by atoms with Crippen LogP contribution in [0.3, 0.4) is 0 Å². The van der Waals surface area contributed by atoms with E-state index in [-0.39, 0.29) is 16.1 Å². The molecule has 0 aromatic carbocycles. The zero-order chi connectivity index (χ0) is 14.9. The molecule has 0 spiro atoms. The summed E-state index contributed by atoms with van der Waals surface area (Å²) in [6.45, 7) is 1.26. The lowest BCUT2D eigenvalue weighted by Gasteiger charge is -2.33. The smallest absolute Gasteiger partial charge is 0.255 e. The van der Waals surface area contributed by atoms with Gasteiger partial charge in [-0.2, -0.15) is 4.31 Å². The van der Waals surface area contributed by atoms with Gasteiger partial charge in [0.15, 0.2) is 0 Å². The third kappa shape index (κ3) is 3.41. The molecule has 1 amide bonds. The minimum atomic E-state index is -3.21. The van der Waals surface area contributed by atoms with Crippen molar-refractivity contribution in [3.63, 3.8) is 0 Å². The molecule has 1 saturated heterocycles. The van der Waals surface area contributed by atoms with Crippen LogP contribution in [0, 0.1) is 0 Å². The van der Waals surface area contributed by atoms with Gasteiger partial charge in [-0.15, -0.1) is 0 Å². The van der Waals surface area contributed by atoms with E-state index in [2.05, 4.69) is 4.98 Å². The van der Waals surface area contributed by atoms with Gasteiger partial charge in [0.05, 0.1) is 16.8 Å². The van der Waals surface area contributed by atoms with E-state index in [4.69, 9.17) is 23.2 Å². The van der Waals surface area contributed by atoms with Gasteiger partial charge >= 0.3 is 0 Å². The Bertz CT molecular complexity index is 628. The number of rotatable bonds is 2. The molecule has 1 aromatic heterocycles. The van der Waals surface area contributed by atoms with E-state index in [1.807, 2.05) is 0 Å². The molecule has 0 aliphatic carbocycles. The van der Waals surface area contributed by atoms with Crippen molar-refractivity contribution in [3.8, 4) is 0 Å². The van der Waals surface area contributed by atoms with Crippen LogP contribution in [0.2, 0.25) is 10.2 Å². The number of amides is 1. The maximum absolute atomic E-state index is 12.2. The first kappa shape index (κ1) is 15.5. The molecule has 6 nitrogen and oxygen atoms in total. The molecule has 1 aliphatic heterocycles. The van der Waals surface area contributed by atoms with E-state index < -0.39 is 10.0 Å². The molecule has 1 fully saturated rings. The molecule has 9 heteroatoms. The van der Waals surface area contributed by atoms with Crippen molar-refractivity contribution in [3.05, 3.63) is 28.0 Å². The first-order chi connectivity index (χ1) is 9.29. The standard InChI is InChI=1S/C11H13Cl2N3O3S/c1-20(18,19)16-4-2-15(3-5-16)11(17)8-6-9(12)10(13)14-7-8/h6-7H,2-5H2,1H3. The van der Waals surface area contributed by atoms with Crippen LogP contribution >= 0.6 is 23.2 Å². The molecule has 1 aromatic rings. The Hall–Kier alpha value is -0.890. The Balaban J connectivity index is 2.07.